The second-order valence-electron chi connectivity index (χ2n) is 2.79. The van der Waals surface area contributed by atoms with Crippen molar-refractivity contribution in [1.82, 2.24) is 0 Å². The molecule has 0 aliphatic heterocycles. The number of halogens is 1. The van der Waals surface area contributed by atoms with Gasteiger partial charge in [-0.2, -0.15) is 0 Å². The monoisotopic (exact) mass is 227 g/mol. The van der Waals surface area contributed by atoms with Gasteiger partial charge < -0.3 is 10.8 Å². The Morgan fingerprint density at radius 1 is 1.50 bits per heavy atom. The molecule has 0 fully saturated rings. The number of aromatic carboxylic acids is 1. The van der Waals surface area contributed by atoms with Crippen LogP contribution >= 0.6 is 22.9 Å². The number of nitrogen functional groups attached to an aromatic ring is 1. The van der Waals surface area contributed by atoms with Crippen molar-refractivity contribution in [2.24, 2.45) is 0 Å². The van der Waals surface area contributed by atoms with Gasteiger partial charge in [-0.25, -0.2) is 4.79 Å². The number of anilines is 1. The Labute approximate surface area is 88.7 Å². The predicted molar refractivity (Wildman–Crippen MR) is 58.2 cm³/mol. The lowest BCUT2D eigenvalue weighted by Crippen LogP contribution is -1.96. The van der Waals surface area contributed by atoms with Crippen molar-refractivity contribution in [3.05, 3.63) is 28.8 Å². The number of carbonyl (C=O) groups is 1. The second-order valence-corrected chi connectivity index (χ2v) is 4.29. The van der Waals surface area contributed by atoms with Gasteiger partial charge in [-0.1, -0.05) is 17.7 Å². The van der Waals surface area contributed by atoms with Crippen LogP contribution in [0.1, 0.15) is 10.4 Å². The van der Waals surface area contributed by atoms with Crippen LogP contribution < -0.4 is 5.73 Å². The molecule has 1 heterocycles. The van der Waals surface area contributed by atoms with Gasteiger partial charge in [-0.05, 0) is 17.5 Å². The van der Waals surface area contributed by atoms with Crippen LogP contribution in [-0.4, -0.2) is 11.1 Å². The first-order valence-electron chi connectivity index (χ1n) is 3.80. The molecule has 2 aromatic rings. The molecule has 0 radical (unpaired) electrons. The Hall–Kier alpha value is -1.26. The van der Waals surface area contributed by atoms with E-state index < -0.39 is 5.97 Å². The second kappa shape index (κ2) is 3.15. The van der Waals surface area contributed by atoms with Gasteiger partial charge in [0.1, 0.15) is 0 Å². The van der Waals surface area contributed by atoms with Gasteiger partial charge in [0.25, 0.3) is 0 Å². The molecule has 72 valence electrons. The van der Waals surface area contributed by atoms with Gasteiger partial charge in [0.05, 0.1) is 20.3 Å². The third-order valence-electron chi connectivity index (χ3n) is 1.87. The Kier molecular flexibility index (Phi) is 2.09. The standard InChI is InChI=1S/C9H6ClNO2S/c10-5-2-1-4-3-6(11)14-8(4)7(5)9(12)13/h1-3H,11H2,(H,12,13). The number of fused-ring (bicyclic) bond motifs is 1. The number of thiophene rings is 1. The van der Waals surface area contributed by atoms with Crippen molar-refractivity contribution in [2.75, 3.05) is 5.73 Å². The molecule has 0 atom stereocenters. The zero-order valence-corrected chi connectivity index (χ0v) is 8.52. The lowest BCUT2D eigenvalue weighted by molar-refractivity contribution is 0.0699. The fraction of sp³-hybridized carbons (Fsp3) is 0. The largest absolute Gasteiger partial charge is 0.478 e. The van der Waals surface area contributed by atoms with Crippen LogP contribution in [0.25, 0.3) is 10.1 Å². The van der Waals surface area contributed by atoms with E-state index in [4.69, 9.17) is 22.4 Å². The summed E-state index contributed by atoms with van der Waals surface area (Å²) in [6, 6.07) is 5.07. The molecule has 1 aromatic heterocycles. The fourth-order valence-electron chi connectivity index (χ4n) is 1.30. The zero-order valence-electron chi connectivity index (χ0n) is 6.95. The van der Waals surface area contributed by atoms with E-state index in [1.54, 1.807) is 18.2 Å². The molecule has 0 saturated heterocycles. The van der Waals surface area contributed by atoms with Crippen molar-refractivity contribution in [1.29, 1.82) is 0 Å². The van der Waals surface area contributed by atoms with Gasteiger partial charge in [0, 0.05) is 0 Å². The Morgan fingerprint density at radius 3 is 2.86 bits per heavy atom. The number of carboxylic acid groups (broad SMARTS) is 1. The van der Waals surface area contributed by atoms with Crippen LogP contribution in [0.4, 0.5) is 5.00 Å². The molecule has 0 unspecified atom stereocenters. The van der Waals surface area contributed by atoms with E-state index in [0.29, 0.717) is 9.70 Å². The quantitative estimate of drug-likeness (QED) is 0.788. The summed E-state index contributed by atoms with van der Waals surface area (Å²) in [6.07, 6.45) is 0. The first-order chi connectivity index (χ1) is 6.59. The molecule has 0 spiro atoms. The minimum atomic E-state index is -1.03. The van der Waals surface area contributed by atoms with Gasteiger partial charge in [0.2, 0.25) is 0 Å². The van der Waals surface area contributed by atoms with E-state index in [2.05, 4.69) is 0 Å². The number of nitrogens with two attached hydrogens (primary N) is 1. The van der Waals surface area contributed by atoms with Crippen LogP contribution in [0.2, 0.25) is 5.02 Å². The van der Waals surface area contributed by atoms with Gasteiger partial charge in [-0.15, -0.1) is 11.3 Å². The Bertz CT molecular complexity index is 521. The third-order valence-corrected chi connectivity index (χ3v) is 3.18. The van der Waals surface area contributed by atoms with Crippen LogP contribution in [0.3, 0.4) is 0 Å². The summed E-state index contributed by atoms with van der Waals surface area (Å²) in [7, 11) is 0. The van der Waals surface area contributed by atoms with Crippen LogP contribution in [0, 0.1) is 0 Å². The third kappa shape index (κ3) is 1.32. The minimum Gasteiger partial charge on any atom is -0.478 e. The predicted octanol–water partition coefficient (Wildman–Crippen LogP) is 2.84. The summed E-state index contributed by atoms with van der Waals surface area (Å²) in [5.41, 5.74) is 5.72. The average molecular weight is 228 g/mol. The lowest BCUT2D eigenvalue weighted by atomic mass is 10.1. The van der Waals surface area contributed by atoms with Crippen LogP contribution in [0.5, 0.6) is 0 Å². The molecule has 3 N–H and O–H groups in total. The van der Waals surface area contributed by atoms with Crippen LogP contribution in [-0.2, 0) is 0 Å². The summed E-state index contributed by atoms with van der Waals surface area (Å²) in [5, 5.41) is 10.6. The highest BCUT2D eigenvalue weighted by Gasteiger charge is 2.15. The van der Waals surface area contributed by atoms with Crippen molar-refractivity contribution < 1.29 is 9.90 Å². The number of hydrogen-bond acceptors (Lipinski definition) is 3. The molecule has 0 bridgehead atoms. The first kappa shape index (κ1) is 9.30. The number of rotatable bonds is 1. The maximum absolute atomic E-state index is 10.9. The highest BCUT2D eigenvalue weighted by atomic mass is 35.5. The molecule has 0 amide bonds. The summed E-state index contributed by atoms with van der Waals surface area (Å²) < 4.78 is 0.627. The maximum Gasteiger partial charge on any atom is 0.338 e. The van der Waals surface area contributed by atoms with Crippen molar-refractivity contribution in [3.63, 3.8) is 0 Å². The van der Waals surface area contributed by atoms with Gasteiger partial charge >= 0.3 is 5.97 Å². The smallest absolute Gasteiger partial charge is 0.338 e. The summed E-state index contributed by atoms with van der Waals surface area (Å²) >= 11 is 7.03. The molecule has 2 rings (SSSR count). The van der Waals surface area contributed by atoms with Crippen molar-refractivity contribution in [3.8, 4) is 0 Å². The molecule has 0 aliphatic carbocycles. The van der Waals surface area contributed by atoms with Crippen molar-refractivity contribution in [2.45, 2.75) is 0 Å². The van der Waals surface area contributed by atoms with E-state index in [1.165, 1.54) is 11.3 Å². The minimum absolute atomic E-state index is 0.130. The summed E-state index contributed by atoms with van der Waals surface area (Å²) in [5.74, 6) is -1.03. The van der Waals surface area contributed by atoms with E-state index in [1.807, 2.05) is 0 Å². The SMILES string of the molecule is Nc1cc2ccc(Cl)c(C(=O)O)c2s1. The lowest BCUT2D eigenvalue weighted by Gasteiger charge is -1.99. The maximum atomic E-state index is 10.9. The van der Waals surface area contributed by atoms with Gasteiger partial charge in [0.15, 0.2) is 0 Å². The molecule has 14 heavy (non-hydrogen) atoms. The number of carboxylic acids is 1. The fourth-order valence-corrected chi connectivity index (χ4v) is 2.56. The molecule has 1 aromatic carbocycles. The molecule has 5 heteroatoms. The number of hydrogen-bond donors (Lipinski definition) is 2. The molecule has 0 saturated carbocycles. The Balaban J connectivity index is 2.88. The van der Waals surface area contributed by atoms with Crippen molar-refractivity contribution >= 4 is 44.0 Å². The normalized spacial score (nSPS) is 10.6. The summed E-state index contributed by atoms with van der Waals surface area (Å²) in [6.45, 7) is 0. The highest BCUT2D eigenvalue weighted by Crippen LogP contribution is 2.34. The molecular formula is C9H6ClNO2S. The molecule has 3 nitrogen and oxygen atoms in total. The highest BCUT2D eigenvalue weighted by molar-refractivity contribution is 7.23. The zero-order chi connectivity index (χ0) is 10.3. The first-order valence-corrected chi connectivity index (χ1v) is 5.00. The topological polar surface area (TPSA) is 63.3 Å². The molecule has 0 aliphatic rings. The van der Waals surface area contributed by atoms with E-state index in [-0.39, 0.29) is 10.6 Å². The number of benzene rings is 1. The van der Waals surface area contributed by atoms with E-state index in [9.17, 15) is 4.79 Å². The van der Waals surface area contributed by atoms with E-state index in [0.717, 1.165) is 5.39 Å². The average Bonchev–Trinajstić information content (AvgIpc) is 2.43. The van der Waals surface area contributed by atoms with Crippen LogP contribution in [0.15, 0.2) is 18.2 Å². The molecular weight excluding hydrogens is 222 g/mol. The van der Waals surface area contributed by atoms with E-state index >= 15 is 0 Å². The summed E-state index contributed by atoms with van der Waals surface area (Å²) in [4.78, 5) is 10.9. The van der Waals surface area contributed by atoms with Gasteiger partial charge in [-0.3, -0.25) is 0 Å². The Morgan fingerprint density at radius 2 is 2.21 bits per heavy atom.